The molecule has 0 amide bonds. The molecule has 1 saturated carbocycles. The number of allylic oxidation sites excluding steroid dienone is 1. The second kappa shape index (κ2) is 4.23. The highest BCUT2D eigenvalue weighted by Crippen LogP contribution is 2.38. The Bertz CT molecular complexity index is 425. The minimum absolute atomic E-state index is 0.0217. The van der Waals surface area contributed by atoms with Crippen LogP contribution in [0.4, 0.5) is 0 Å². The first-order chi connectivity index (χ1) is 7.16. The van der Waals surface area contributed by atoms with Crippen molar-refractivity contribution in [3.63, 3.8) is 0 Å². The fraction of sp³-hybridized carbons (Fsp3) is 0.364. The fourth-order valence-corrected chi connectivity index (χ4v) is 1.57. The molecule has 1 fully saturated rings. The Labute approximate surface area is 96.8 Å². The standard InChI is InChI=1S/C11H11BrN2O/c1-7(15)2-5-10-9(12)6-13-11(14-10)8-3-4-8/h2,5-6,8H,3-4H2,1H3/b5-2+. The van der Waals surface area contributed by atoms with Crippen molar-refractivity contribution in [1.82, 2.24) is 9.97 Å². The van der Waals surface area contributed by atoms with Crippen molar-refractivity contribution in [2.24, 2.45) is 0 Å². The van der Waals surface area contributed by atoms with Crippen molar-refractivity contribution in [3.05, 3.63) is 28.3 Å². The third-order valence-electron chi connectivity index (χ3n) is 2.21. The van der Waals surface area contributed by atoms with Gasteiger partial charge in [0, 0.05) is 12.1 Å². The van der Waals surface area contributed by atoms with E-state index in [2.05, 4.69) is 25.9 Å². The third kappa shape index (κ3) is 2.72. The maximum Gasteiger partial charge on any atom is 0.152 e. The van der Waals surface area contributed by atoms with E-state index in [-0.39, 0.29) is 5.78 Å². The van der Waals surface area contributed by atoms with Crippen LogP contribution in [0.3, 0.4) is 0 Å². The Kier molecular flexibility index (Phi) is 2.95. The summed E-state index contributed by atoms with van der Waals surface area (Å²) in [4.78, 5) is 19.5. The lowest BCUT2D eigenvalue weighted by Crippen LogP contribution is -1.95. The van der Waals surface area contributed by atoms with E-state index in [4.69, 9.17) is 0 Å². The number of nitrogens with zero attached hydrogens (tertiary/aromatic N) is 2. The summed E-state index contributed by atoms with van der Waals surface area (Å²) >= 11 is 3.36. The van der Waals surface area contributed by atoms with E-state index in [0.29, 0.717) is 5.92 Å². The number of carbonyl (C=O) groups excluding carboxylic acids is 1. The highest BCUT2D eigenvalue weighted by Gasteiger charge is 2.26. The number of carbonyl (C=O) groups is 1. The van der Waals surface area contributed by atoms with Crippen LogP contribution in [-0.4, -0.2) is 15.8 Å². The number of hydrogen-bond donors (Lipinski definition) is 0. The summed E-state index contributed by atoms with van der Waals surface area (Å²) in [6, 6.07) is 0. The molecule has 0 spiro atoms. The molecular formula is C11H11BrN2O. The van der Waals surface area contributed by atoms with E-state index < -0.39 is 0 Å². The quantitative estimate of drug-likeness (QED) is 0.791. The topological polar surface area (TPSA) is 42.9 Å². The molecule has 1 aliphatic rings. The van der Waals surface area contributed by atoms with Gasteiger partial charge in [-0.2, -0.15) is 0 Å². The molecule has 15 heavy (non-hydrogen) atoms. The smallest absolute Gasteiger partial charge is 0.152 e. The molecule has 4 heteroatoms. The van der Waals surface area contributed by atoms with Crippen molar-refractivity contribution in [2.45, 2.75) is 25.7 Å². The van der Waals surface area contributed by atoms with Crippen molar-refractivity contribution < 1.29 is 4.79 Å². The normalized spacial score (nSPS) is 15.9. The Morgan fingerprint density at radius 3 is 2.93 bits per heavy atom. The van der Waals surface area contributed by atoms with Gasteiger partial charge in [-0.3, -0.25) is 4.79 Å². The largest absolute Gasteiger partial charge is 0.295 e. The first-order valence-electron chi connectivity index (χ1n) is 4.88. The Morgan fingerprint density at radius 2 is 2.33 bits per heavy atom. The number of aromatic nitrogens is 2. The highest BCUT2D eigenvalue weighted by atomic mass is 79.9. The number of hydrogen-bond acceptors (Lipinski definition) is 3. The van der Waals surface area contributed by atoms with Crippen LogP contribution in [0.5, 0.6) is 0 Å². The Balaban J connectivity index is 2.27. The minimum atomic E-state index is 0.0217. The van der Waals surface area contributed by atoms with Crippen LogP contribution in [0.2, 0.25) is 0 Å². The summed E-state index contributed by atoms with van der Waals surface area (Å²) < 4.78 is 0.824. The first-order valence-corrected chi connectivity index (χ1v) is 5.67. The lowest BCUT2D eigenvalue weighted by molar-refractivity contribution is -0.112. The van der Waals surface area contributed by atoms with Crippen LogP contribution in [-0.2, 0) is 4.79 Å². The van der Waals surface area contributed by atoms with Gasteiger partial charge in [0.2, 0.25) is 0 Å². The number of ketones is 1. The molecule has 0 atom stereocenters. The molecule has 0 N–H and O–H groups in total. The second-order valence-corrected chi connectivity index (χ2v) is 4.53. The molecule has 1 aromatic heterocycles. The average Bonchev–Trinajstić information content (AvgIpc) is 3.00. The number of rotatable bonds is 3. The average molecular weight is 267 g/mol. The summed E-state index contributed by atoms with van der Waals surface area (Å²) in [6.45, 7) is 1.52. The van der Waals surface area contributed by atoms with Gasteiger partial charge in [0.1, 0.15) is 5.82 Å². The van der Waals surface area contributed by atoms with E-state index in [1.165, 1.54) is 25.8 Å². The van der Waals surface area contributed by atoms with E-state index >= 15 is 0 Å². The van der Waals surface area contributed by atoms with E-state index in [0.717, 1.165) is 16.0 Å². The molecule has 1 aromatic rings. The molecule has 78 valence electrons. The zero-order valence-electron chi connectivity index (χ0n) is 8.40. The molecule has 2 rings (SSSR count). The molecule has 3 nitrogen and oxygen atoms in total. The minimum Gasteiger partial charge on any atom is -0.295 e. The summed E-state index contributed by atoms with van der Waals surface area (Å²) in [5.41, 5.74) is 0.780. The van der Waals surface area contributed by atoms with Crippen molar-refractivity contribution in [1.29, 1.82) is 0 Å². The summed E-state index contributed by atoms with van der Waals surface area (Å²) in [7, 11) is 0. The van der Waals surface area contributed by atoms with Gasteiger partial charge in [0.05, 0.1) is 10.2 Å². The predicted octanol–water partition coefficient (Wildman–Crippen LogP) is 2.72. The van der Waals surface area contributed by atoms with Crippen molar-refractivity contribution >= 4 is 27.8 Å². The van der Waals surface area contributed by atoms with Gasteiger partial charge in [0.15, 0.2) is 5.78 Å². The van der Waals surface area contributed by atoms with Crippen LogP contribution in [0, 0.1) is 0 Å². The van der Waals surface area contributed by atoms with Crippen molar-refractivity contribution in [3.8, 4) is 0 Å². The predicted molar refractivity (Wildman–Crippen MR) is 61.4 cm³/mol. The van der Waals surface area contributed by atoms with Crippen LogP contribution >= 0.6 is 15.9 Å². The molecule has 0 radical (unpaired) electrons. The Hall–Kier alpha value is -1.03. The van der Waals surface area contributed by atoms with Crippen LogP contribution < -0.4 is 0 Å². The van der Waals surface area contributed by atoms with Crippen LogP contribution in [0.15, 0.2) is 16.7 Å². The molecule has 1 aliphatic carbocycles. The zero-order chi connectivity index (χ0) is 10.8. The van der Waals surface area contributed by atoms with Crippen LogP contribution in [0.25, 0.3) is 6.08 Å². The number of halogens is 1. The van der Waals surface area contributed by atoms with Gasteiger partial charge in [-0.1, -0.05) is 0 Å². The molecule has 0 unspecified atom stereocenters. The van der Waals surface area contributed by atoms with Gasteiger partial charge in [-0.05, 0) is 47.8 Å². The maximum atomic E-state index is 10.8. The fourth-order valence-electron chi connectivity index (χ4n) is 1.25. The summed E-state index contributed by atoms with van der Waals surface area (Å²) in [5, 5.41) is 0. The van der Waals surface area contributed by atoms with Crippen LogP contribution in [0.1, 0.15) is 37.2 Å². The summed E-state index contributed by atoms with van der Waals surface area (Å²) in [5.74, 6) is 1.44. The van der Waals surface area contributed by atoms with Gasteiger partial charge >= 0.3 is 0 Å². The van der Waals surface area contributed by atoms with E-state index in [1.54, 1.807) is 12.3 Å². The Morgan fingerprint density at radius 1 is 1.60 bits per heavy atom. The SMILES string of the molecule is CC(=O)/C=C/c1nc(C2CC2)ncc1Br. The lowest BCUT2D eigenvalue weighted by Gasteiger charge is -2.00. The second-order valence-electron chi connectivity index (χ2n) is 3.68. The molecule has 0 saturated heterocycles. The maximum absolute atomic E-state index is 10.8. The van der Waals surface area contributed by atoms with Gasteiger partial charge < -0.3 is 0 Å². The monoisotopic (exact) mass is 266 g/mol. The van der Waals surface area contributed by atoms with E-state index in [9.17, 15) is 4.79 Å². The molecule has 1 heterocycles. The third-order valence-corrected chi connectivity index (χ3v) is 2.82. The first kappa shape index (κ1) is 10.5. The molecule has 0 aromatic carbocycles. The molecule has 0 bridgehead atoms. The molecule has 0 aliphatic heterocycles. The van der Waals surface area contributed by atoms with Gasteiger partial charge in [-0.15, -0.1) is 0 Å². The zero-order valence-corrected chi connectivity index (χ0v) is 9.99. The van der Waals surface area contributed by atoms with Gasteiger partial charge in [-0.25, -0.2) is 9.97 Å². The molecular weight excluding hydrogens is 256 g/mol. The highest BCUT2D eigenvalue weighted by molar-refractivity contribution is 9.10. The van der Waals surface area contributed by atoms with E-state index in [1.807, 2.05) is 0 Å². The van der Waals surface area contributed by atoms with Gasteiger partial charge in [0.25, 0.3) is 0 Å². The summed E-state index contributed by atoms with van der Waals surface area (Å²) in [6.07, 6.45) is 7.35. The van der Waals surface area contributed by atoms with Crippen molar-refractivity contribution in [2.75, 3.05) is 0 Å². The lowest BCUT2D eigenvalue weighted by atomic mass is 10.3.